The Kier molecular flexibility index (Phi) is 8.85. The number of hydrogen-bond acceptors (Lipinski definition) is 6. The summed E-state index contributed by atoms with van der Waals surface area (Å²) in [6, 6.07) is 11.6. The van der Waals surface area contributed by atoms with Crippen LogP contribution in [0.1, 0.15) is 19.4 Å². The molecule has 0 saturated heterocycles. The van der Waals surface area contributed by atoms with Crippen molar-refractivity contribution in [3.63, 3.8) is 0 Å². The predicted octanol–water partition coefficient (Wildman–Crippen LogP) is 3.98. The maximum absolute atomic E-state index is 12.9. The summed E-state index contributed by atoms with van der Waals surface area (Å²) in [5.41, 5.74) is 1.07. The quantitative estimate of drug-likeness (QED) is 0.573. The Hall–Kier alpha value is -3.09. The summed E-state index contributed by atoms with van der Waals surface area (Å²) in [5.74, 6) is -2.03. The Morgan fingerprint density at radius 2 is 1.77 bits per heavy atom. The van der Waals surface area contributed by atoms with E-state index in [2.05, 4.69) is 10.6 Å². The van der Waals surface area contributed by atoms with Crippen LogP contribution in [0.4, 0.5) is 15.8 Å². The molecule has 0 aliphatic rings. The van der Waals surface area contributed by atoms with E-state index in [0.717, 1.165) is 11.8 Å². The summed E-state index contributed by atoms with van der Waals surface area (Å²) in [5, 5.41) is 13.5. The van der Waals surface area contributed by atoms with Gasteiger partial charge in [0, 0.05) is 11.4 Å². The first kappa shape index (κ1) is 24.2. The lowest BCUT2D eigenvalue weighted by atomic mass is 10.2. The zero-order chi connectivity index (χ0) is 23.0. The minimum atomic E-state index is -1.09. The SMILES string of the molecule is CC(OC(=O)C(C)SCC(=O)Nc1ccc(F)cc1)C(=O)Nc1ccc(C#N)c(Cl)c1. The number of thioether (sulfide) groups is 1. The highest BCUT2D eigenvalue weighted by atomic mass is 35.5. The average molecular weight is 464 g/mol. The number of esters is 1. The van der Waals surface area contributed by atoms with Crippen LogP contribution in [-0.2, 0) is 19.1 Å². The average Bonchev–Trinajstić information content (AvgIpc) is 2.73. The molecule has 0 saturated carbocycles. The molecule has 0 heterocycles. The van der Waals surface area contributed by atoms with Crippen molar-refractivity contribution in [2.24, 2.45) is 0 Å². The molecule has 0 aromatic heterocycles. The number of halogens is 2. The van der Waals surface area contributed by atoms with Gasteiger partial charge >= 0.3 is 5.97 Å². The zero-order valence-corrected chi connectivity index (χ0v) is 18.2. The van der Waals surface area contributed by atoms with E-state index < -0.39 is 29.0 Å². The molecule has 7 nitrogen and oxygen atoms in total. The molecule has 2 rings (SSSR count). The summed E-state index contributed by atoms with van der Waals surface area (Å²) in [6.07, 6.45) is -1.09. The summed E-state index contributed by atoms with van der Waals surface area (Å²) in [4.78, 5) is 36.4. The number of carbonyl (C=O) groups excluding carboxylic acids is 3. The Morgan fingerprint density at radius 3 is 2.39 bits per heavy atom. The first-order valence-corrected chi connectivity index (χ1v) is 10.5. The molecule has 162 valence electrons. The van der Waals surface area contributed by atoms with Gasteiger partial charge in [0.1, 0.15) is 17.1 Å². The number of ether oxygens (including phenoxy) is 1. The molecule has 0 aliphatic carbocycles. The van der Waals surface area contributed by atoms with Gasteiger partial charge in [-0.2, -0.15) is 5.26 Å². The van der Waals surface area contributed by atoms with Gasteiger partial charge in [-0.1, -0.05) is 11.6 Å². The Morgan fingerprint density at radius 1 is 1.13 bits per heavy atom. The van der Waals surface area contributed by atoms with Crippen LogP contribution in [0, 0.1) is 17.1 Å². The molecule has 2 aromatic carbocycles. The fourth-order valence-electron chi connectivity index (χ4n) is 2.25. The molecule has 31 heavy (non-hydrogen) atoms. The van der Waals surface area contributed by atoms with E-state index in [1.807, 2.05) is 6.07 Å². The number of nitrogens with one attached hydrogen (secondary N) is 2. The first-order chi connectivity index (χ1) is 14.7. The molecule has 0 spiro atoms. The van der Waals surface area contributed by atoms with Crippen LogP contribution in [0.25, 0.3) is 0 Å². The highest BCUT2D eigenvalue weighted by molar-refractivity contribution is 8.01. The van der Waals surface area contributed by atoms with Crippen molar-refractivity contribution < 1.29 is 23.5 Å². The topological polar surface area (TPSA) is 108 Å². The lowest BCUT2D eigenvalue weighted by Gasteiger charge is -2.16. The van der Waals surface area contributed by atoms with Gasteiger partial charge in [-0.05, 0) is 56.3 Å². The maximum Gasteiger partial charge on any atom is 0.319 e. The van der Waals surface area contributed by atoms with Crippen molar-refractivity contribution in [1.29, 1.82) is 5.26 Å². The van der Waals surface area contributed by atoms with Crippen LogP contribution in [0.15, 0.2) is 42.5 Å². The van der Waals surface area contributed by atoms with Gasteiger partial charge in [-0.3, -0.25) is 14.4 Å². The zero-order valence-electron chi connectivity index (χ0n) is 16.6. The van der Waals surface area contributed by atoms with Crippen LogP contribution in [0.5, 0.6) is 0 Å². The van der Waals surface area contributed by atoms with Crippen molar-refractivity contribution in [2.45, 2.75) is 25.2 Å². The molecule has 2 N–H and O–H groups in total. The third kappa shape index (κ3) is 7.59. The normalized spacial score (nSPS) is 12.2. The molecular formula is C21H19ClFN3O4S. The summed E-state index contributed by atoms with van der Waals surface area (Å²) in [7, 11) is 0. The number of benzene rings is 2. The number of carbonyl (C=O) groups is 3. The third-order valence-electron chi connectivity index (χ3n) is 3.94. The van der Waals surface area contributed by atoms with E-state index in [1.165, 1.54) is 49.4 Å². The number of anilines is 2. The molecule has 2 aromatic rings. The van der Waals surface area contributed by atoms with Crippen molar-refractivity contribution >= 4 is 52.5 Å². The largest absolute Gasteiger partial charge is 0.452 e. The van der Waals surface area contributed by atoms with E-state index in [1.54, 1.807) is 6.92 Å². The second-order valence-electron chi connectivity index (χ2n) is 6.38. The molecule has 0 fully saturated rings. The van der Waals surface area contributed by atoms with Crippen LogP contribution in [0.3, 0.4) is 0 Å². The van der Waals surface area contributed by atoms with Crippen LogP contribution in [-0.4, -0.2) is 34.9 Å². The van der Waals surface area contributed by atoms with Crippen molar-refractivity contribution in [2.75, 3.05) is 16.4 Å². The highest BCUT2D eigenvalue weighted by Crippen LogP contribution is 2.21. The molecule has 0 aliphatic heterocycles. The van der Waals surface area contributed by atoms with E-state index in [4.69, 9.17) is 21.6 Å². The minimum absolute atomic E-state index is 0.0298. The Balaban J connectivity index is 1.79. The standard InChI is InChI=1S/C21H19ClFN3O4S/c1-12(20(28)26-17-6-3-14(10-24)18(22)9-17)30-21(29)13(2)31-11-19(27)25-16-7-4-15(23)5-8-16/h3-9,12-13H,11H2,1-2H3,(H,25,27)(H,26,28). The van der Waals surface area contributed by atoms with Crippen LogP contribution >= 0.6 is 23.4 Å². The molecule has 0 bridgehead atoms. The molecule has 2 unspecified atom stereocenters. The minimum Gasteiger partial charge on any atom is -0.452 e. The van der Waals surface area contributed by atoms with Gasteiger partial charge in [-0.15, -0.1) is 11.8 Å². The van der Waals surface area contributed by atoms with Gasteiger partial charge in [0.05, 0.1) is 16.3 Å². The monoisotopic (exact) mass is 463 g/mol. The predicted molar refractivity (Wildman–Crippen MR) is 117 cm³/mol. The first-order valence-electron chi connectivity index (χ1n) is 9.07. The lowest BCUT2D eigenvalue weighted by Crippen LogP contribution is -2.33. The summed E-state index contributed by atoms with van der Waals surface area (Å²) < 4.78 is 18.0. The van der Waals surface area contributed by atoms with Gasteiger partial charge in [0.2, 0.25) is 5.91 Å². The number of rotatable bonds is 8. The van der Waals surface area contributed by atoms with Crippen molar-refractivity contribution in [3.05, 3.63) is 58.9 Å². The van der Waals surface area contributed by atoms with Crippen molar-refractivity contribution in [1.82, 2.24) is 0 Å². The third-order valence-corrected chi connectivity index (χ3v) is 5.38. The van der Waals surface area contributed by atoms with Gasteiger partial charge in [0.25, 0.3) is 5.91 Å². The van der Waals surface area contributed by atoms with Crippen LogP contribution in [0.2, 0.25) is 5.02 Å². The number of hydrogen-bond donors (Lipinski definition) is 2. The Bertz CT molecular complexity index is 1010. The molecule has 0 radical (unpaired) electrons. The fourth-order valence-corrected chi connectivity index (χ4v) is 3.14. The smallest absolute Gasteiger partial charge is 0.319 e. The summed E-state index contributed by atoms with van der Waals surface area (Å²) in [6.45, 7) is 2.97. The number of nitriles is 1. The van der Waals surface area contributed by atoms with E-state index >= 15 is 0 Å². The van der Waals surface area contributed by atoms with E-state index in [9.17, 15) is 18.8 Å². The van der Waals surface area contributed by atoms with E-state index in [-0.39, 0.29) is 22.2 Å². The molecule has 2 amide bonds. The second-order valence-corrected chi connectivity index (χ2v) is 8.12. The van der Waals surface area contributed by atoms with Gasteiger partial charge in [0.15, 0.2) is 6.10 Å². The van der Waals surface area contributed by atoms with Gasteiger partial charge in [-0.25, -0.2) is 4.39 Å². The van der Waals surface area contributed by atoms with Crippen LogP contribution < -0.4 is 10.6 Å². The summed E-state index contributed by atoms with van der Waals surface area (Å²) >= 11 is 6.96. The fraction of sp³-hybridized carbons (Fsp3) is 0.238. The maximum atomic E-state index is 12.9. The Labute approximate surface area is 187 Å². The number of amides is 2. The molecular weight excluding hydrogens is 445 g/mol. The second kappa shape index (κ2) is 11.3. The van der Waals surface area contributed by atoms with Gasteiger partial charge < -0.3 is 15.4 Å². The highest BCUT2D eigenvalue weighted by Gasteiger charge is 2.23. The lowest BCUT2D eigenvalue weighted by molar-refractivity contribution is -0.152. The number of nitrogens with zero attached hydrogens (tertiary/aromatic N) is 1. The molecule has 2 atom stereocenters. The van der Waals surface area contributed by atoms with Crippen molar-refractivity contribution in [3.8, 4) is 6.07 Å². The molecule has 10 heteroatoms. The van der Waals surface area contributed by atoms with E-state index in [0.29, 0.717) is 11.4 Å².